The molecule has 0 fully saturated rings. The predicted octanol–water partition coefficient (Wildman–Crippen LogP) is 5.31. The predicted molar refractivity (Wildman–Crippen MR) is 121 cm³/mol. The van der Waals surface area contributed by atoms with Gasteiger partial charge in [-0.3, -0.25) is 0 Å². The lowest BCUT2D eigenvalue weighted by atomic mass is 9.98. The second-order valence-corrected chi connectivity index (χ2v) is 7.33. The lowest BCUT2D eigenvalue weighted by Gasteiger charge is -2.16. The van der Waals surface area contributed by atoms with Crippen molar-refractivity contribution in [3.05, 3.63) is 53.6 Å². The summed E-state index contributed by atoms with van der Waals surface area (Å²) in [5.74, 6) is 0.576. The highest BCUT2D eigenvalue weighted by atomic mass is 16.5. The number of carbonyl (C=O) groups is 1. The molecule has 1 N–H and O–H groups in total. The zero-order valence-corrected chi connectivity index (χ0v) is 17.9. The molecule has 0 spiro atoms. The van der Waals surface area contributed by atoms with Gasteiger partial charge in [-0.15, -0.1) is 0 Å². The zero-order valence-electron chi connectivity index (χ0n) is 17.9. The Bertz CT molecular complexity index is 858. The smallest absolute Gasteiger partial charge is 0.333 e. The van der Waals surface area contributed by atoms with E-state index in [0.717, 1.165) is 60.5 Å². The largest absolute Gasteiger partial charge is 0.491 e. The molecule has 0 radical (unpaired) electrons. The maximum Gasteiger partial charge on any atom is 0.333 e. The Morgan fingerprint density at radius 2 is 1.83 bits per heavy atom. The number of hydrogen-bond acceptors (Lipinski definition) is 5. The average Bonchev–Trinajstić information content (AvgIpc) is 2.76. The van der Waals surface area contributed by atoms with Crippen molar-refractivity contribution in [1.29, 1.82) is 0 Å². The van der Waals surface area contributed by atoms with Crippen molar-refractivity contribution in [2.75, 3.05) is 38.8 Å². The number of benzene rings is 2. The first-order chi connectivity index (χ1) is 14.7. The maximum absolute atomic E-state index is 12.1. The Labute approximate surface area is 179 Å². The fourth-order valence-corrected chi connectivity index (χ4v) is 3.39. The molecule has 30 heavy (non-hydrogen) atoms. The van der Waals surface area contributed by atoms with Gasteiger partial charge in [0.25, 0.3) is 0 Å². The maximum atomic E-state index is 12.1. The minimum absolute atomic E-state index is 0.256. The van der Waals surface area contributed by atoms with E-state index in [1.165, 1.54) is 7.11 Å². The van der Waals surface area contributed by atoms with Crippen molar-refractivity contribution in [2.24, 2.45) is 0 Å². The van der Waals surface area contributed by atoms with Gasteiger partial charge in [0.05, 0.1) is 13.7 Å². The molecule has 2 aromatic carbocycles. The highest BCUT2D eigenvalue weighted by Gasteiger charge is 2.14. The van der Waals surface area contributed by atoms with Crippen LogP contribution in [0, 0.1) is 0 Å². The lowest BCUT2D eigenvalue weighted by molar-refractivity contribution is -0.136. The van der Waals surface area contributed by atoms with Gasteiger partial charge < -0.3 is 19.5 Å². The molecule has 2 aromatic rings. The summed E-state index contributed by atoms with van der Waals surface area (Å²) in [4.78, 5) is 12.1. The van der Waals surface area contributed by atoms with Crippen molar-refractivity contribution in [3.63, 3.8) is 0 Å². The van der Waals surface area contributed by atoms with Crippen LogP contribution in [-0.2, 0) is 14.3 Å². The summed E-state index contributed by atoms with van der Waals surface area (Å²) in [7, 11) is 1.43. The van der Waals surface area contributed by atoms with Gasteiger partial charge in [-0.2, -0.15) is 0 Å². The summed E-state index contributed by atoms with van der Waals surface area (Å²) in [6, 6.07) is 14.3. The molecule has 0 saturated carbocycles. The molecule has 1 heterocycles. The SMILES string of the molecule is CCCCOCCOc1ccc(-c2ccc3c(c2)/C=C(/C(=O)OC)CCCN3)cc1. The second kappa shape index (κ2) is 11.4. The standard InChI is InChI=1S/C25H31NO4/c1-3-4-14-29-15-16-30-23-10-7-19(8-11-23)20-9-12-24-22(17-20)18-21(25(27)28-2)6-5-13-26-24/h7-12,17-18,26H,3-6,13-16H2,1-2H3/b21-18+. The fourth-order valence-electron chi connectivity index (χ4n) is 3.39. The summed E-state index contributed by atoms with van der Waals surface area (Å²) in [5, 5.41) is 3.44. The van der Waals surface area contributed by atoms with Crippen molar-refractivity contribution in [2.45, 2.75) is 32.6 Å². The van der Waals surface area contributed by atoms with E-state index in [1.54, 1.807) is 0 Å². The van der Waals surface area contributed by atoms with Crippen LogP contribution in [0.5, 0.6) is 5.75 Å². The Balaban J connectivity index is 1.69. The number of unbranched alkanes of at least 4 members (excludes halogenated alkanes) is 1. The van der Waals surface area contributed by atoms with Gasteiger partial charge in [-0.25, -0.2) is 4.79 Å². The van der Waals surface area contributed by atoms with Crippen LogP contribution in [0.25, 0.3) is 17.2 Å². The zero-order chi connectivity index (χ0) is 21.2. The van der Waals surface area contributed by atoms with E-state index in [9.17, 15) is 4.79 Å². The molecule has 3 rings (SSSR count). The Hall–Kier alpha value is -2.79. The molecule has 5 heteroatoms. The third-order valence-electron chi connectivity index (χ3n) is 5.09. The summed E-state index contributed by atoms with van der Waals surface area (Å²) in [6.45, 7) is 4.92. The van der Waals surface area contributed by atoms with Crippen molar-refractivity contribution >= 4 is 17.7 Å². The normalized spacial score (nSPS) is 15.1. The number of ether oxygens (including phenoxy) is 3. The molecular formula is C25H31NO4. The quantitative estimate of drug-likeness (QED) is 0.449. The molecule has 0 aromatic heterocycles. The van der Waals surface area contributed by atoms with E-state index in [4.69, 9.17) is 14.2 Å². The summed E-state index contributed by atoms with van der Waals surface area (Å²) < 4.78 is 16.2. The monoisotopic (exact) mass is 409 g/mol. The van der Waals surface area contributed by atoms with Crippen LogP contribution in [0.1, 0.15) is 38.2 Å². The second-order valence-electron chi connectivity index (χ2n) is 7.33. The van der Waals surface area contributed by atoms with Gasteiger partial charge in [-0.1, -0.05) is 31.5 Å². The van der Waals surface area contributed by atoms with E-state index in [-0.39, 0.29) is 5.97 Å². The van der Waals surface area contributed by atoms with Gasteiger partial charge in [0.15, 0.2) is 0 Å². The van der Waals surface area contributed by atoms with E-state index >= 15 is 0 Å². The van der Waals surface area contributed by atoms with Crippen molar-refractivity contribution in [1.82, 2.24) is 0 Å². The topological polar surface area (TPSA) is 56.8 Å². The third kappa shape index (κ3) is 6.10. The first-order valence-corrected chi connectivity index (χ1v) is 10.7. The van der Waals surface area contributed by atoms with E-state index < -0.39 is 0 Å². The van der Waals surface area contributed by atoms with Gasteiger partial charge >= 0.3 is 5.97 Å². The Morgan fingerprint density at radius 1 is 1.03 bits per heavy atom. The molecule has 0 amide bonds. The average molecular weight is 410 g/mol. The van der Waals surface area contributed by atoms with E-state index in [1.807, 2.05) is 18.2 Å². The molecule has 160 valence electrons. The highest BCUT2D eigenvalue weighted by molar-refractivity contribution is 5.95. The third-order valence-corrected chi connectivity index (χ3v) is 5.09. The van der Waals surface area contributed by atoms with Crippen LogP contribution in [0.4, 0.5) is 5.69 Å². The van der Waals surface area contributed by atoms with E-state index in [2.05, 4.69) is 42.6 Å². The minimum Gasteiger partial charge on any atom is -0.491 e. The van der Waals surface area contributed by atoms with E-state index in [0.29, 0.717) is 25.2 Å². The molecule has 0 aliphatic carbocycles. The molecule has 0 saturated heterocycles. The summed E-state index contributed by atoms with van der Waals surface area (Å²) in [5.41, 5.74) is 4.92. The molecule has 1 aliphatic rings. The fraction of sp³-hybridized carbons (Fsp3) is 0.400. The number of esters is 1. The molecular weight excluding hydrogens is 378 g/mol. The van der Waals surface area contributed by atoms with Crippen LogP contribution in [0.3, 0.4) is 0 Å². The van der Waals surface area contributed by atoms with Crippen molar-refractivity contribution < 1.29 is 19.0 Å². The first-order valence-electron chi connectivity index (χ1n) is 10.7. The van der Waals surface area contributed by atoms with Gasteiger partial charge in [-0.05, 0) is 66.3 Å². The molecule has 5 nitrogen and oxygen atoms in total. The summed E-state index contributed by atoms with van der Waals surface area (Å²) in [6.07, 6.45) is 5.76. The van der Waals surface area contributed by atoms with Crippen LogP contribution in [0.2, 0.25) is 0 Å². The Kier molecular flexibility index (Phi) is 8.33. The van der Waals surface area contributed by atoms with Gasteiger partial charge in [0, 0.05) is 24.4 Å². The number of rotatable bonds is 9. The number of fused-ring (bicyclic) bond motifs is 1. The van der Waals surface area contributed by atoms with Gasteiger partial charge in [0.1, 0.15) is 12.4 Å². The molecule has 1 aliphatic heterocycles. The molecule has 0 bridgehead atoms. The molecule has 0 atom stereocenters. The van der Waals surface area contributed by atoms with Crippen LogP contribution in [0.15, 0.2) is 48.0 Å². The highest BCUT2D eigenvalue weighted by Crippen LogP contribution is 2.30. The van der Waals surface area contributed by atoms with Crippen LogP contribution in [-0.4, -0.2) is 39.4 Å². The number of methoxy groups -OCH3 is 1. The Morgan fingerprint density at radius 3 is 2.60 bits per heavy atom. The van der Waals surface area contributed by atoms with Gasteiger partial charge in [0.2, 0.25) is 0 Å². The first kappa shape index (κ1) is 21.9. The summed E-state index contributed by atoms with van der Waals surface area (Å²) >= 11 is 0. The number of nitrogens with one attached hydrogen (secondary N) is 1. The molecule has 0 unspecified atom stereocenters. The van der Waals surface area contributed by atoms with Crippen LogP contribution < -0.4 is 10.1 Å². The lowest BCUT2D eigenvalue weighted by Crippen LogP contribution is -2.11. The number of hydrogen-bond donors (Lipinski definition) is 1. The minimum atomic E-state index is -0.256. The number of anilines is 1. The van der Waals surface area contributed by atoms with Crippen LogP contribution >= 0.6 is 0 Å². The van der Waals surface area contributed by atoms with Crippen molar-refractivity contribution in [3.8, 4) is 16.9 Å². The number of carbonyl (C=O) groups excluding carboxylic acids is 1.